The van der Waals surface area contributed by atoms with Crippen LogP contribution in [0.1, 0.15) is 27.2 Å². The van der Waals surface area contributed by atoms with Gasteiger partial charge in [0.25, 0.3) is 0 Å². The summed E-state index contributed by atoms with van der Waals surface area (Å²) < 4.78 is 23.2. The van der Waals surface area contributed by atoms with Crippen LogP contribution in [0.3, 0.4) is 0 Å². The molecule has 0 bridgehead atoms. The van der Waals surface area contributed by atoms with E-state index in [-0.39, 0.29) is 5.92 Å². The van der Waals surface area contributed by atoms with Crippen LogP contribution in [-0.4, -0.2) is 42.9 Å². The number of hydrogen-bond acceptors (Lipinski definition) is 4. The summed E-state index contributed by atoms with van der Waals surface area (Å²) >= 11 is 0. The third-order valence-corrected chi connectivity index (χ3v) is 4.26. The second kappa shape index (κ2) is 6.58. The number of carbonyl (C=O) groups excluding carboxylic acids is 1. The van der Waals surface area contributed by atoms with Gasteiger partial charge in [0.1, 0.15) is 5.25 Å². The van der Waals surface area contributed by atoms with Gasteiger partial charge in [-0.05, 0) is 12.8 Å². The van der Waals surface area contributed by atoms with E-state index >= 15 is 0 Å². The molecule has 6 nitrogen and oxygen atoms in total. The zero-order valence-electron chi connectivity index (χ0n) is 10.3. The first kappa shape index (κ1) is 15.9. The van der Waals surface area contributed by atoms with E-state index in [9.17, 15) is 18.0 Å². The van der Waals surface area contributed by atoms with E-state index in [2.05, 4.69) is 5.32 Å². The van der Waals surface area contributed by atoms with E-state index in [4.69, 9.17) is 5.11 Å². The van der Waals surface area contributed by atoms with Gasteiger partial charge in [-0.3, -0.25) is 9.59 Å². The van der Waals surface area contributed by atoms with Crippen LogP contribution in [0.5, 0.6) is 0 Å². The average Bonchev–Trinajstić information content (AvgIpc) is 2.22. The van der Waals surface area contributed by atoms with Gasteiger partial charge in [0.2, 0.25) is 5.91 Å². The Morgan fingerprint density at radius 1 is 1.24 bits per heavy atom. The SMILES string of the molecule is CC(C)CNC(=O)C(C)S(=O)(=O)CCC(=O)O. The average molecular weight is 265 g/mol. The van der Waals surface area contributed by atoms with Crippen molar-refractivity contribution in [1.82, 2.24) is 5.32 Å². The molecule has 100 valence electrons. The van der Waals surface area contributed by atoms with Crippen molar-refractivity contribution in [3.05, 3.63) is 0 Å². The van der Waals surface area contributed by atoms with Crippen LogP contribution >= 0.6 is 0 Å². The van der Waals surface area contributed by atoms with Crippen LogP contribution in [0.15, 0.2) is 0 Å². The molecule has 0 aliphatic heterocycles. The summed E-state index contributed by atoms with van der Waals surface area (Å²) in [5.74, 6) is -2.06. The molecule has 17 heavy (non-hydrogen) atoms. The number of amides is 1. The molecule has 0 spiro atoms. The van der Waals surface area contributed by atoms with Crippen LogP contribution in [0.4, 0.5) is 0 Å². The molecule has 1 amide bonds. The lowest BCUT2D eigenvalue weighted by Gasteiger charge is -2.13. The third-order valence-electron chi connectivity index (χ3n) is 2.19. The molecule has 0 rings (SSSR count). The fraction of sp³-hybridized carbons (Fsp3) is 0.800. The quantitative estimate of drug-likeness (QED) is 0.676. The van der Waals surface area contributed by atoms with Crippen molar-refractivity contribution in [2.24, 2.45) is 5.92 Å². The fourth-order valence-corrected chi connectivity index (χ4v) is 2.24. The zero-order chi connectivity index (χ0) is 13.6. The fourth-order valence-electron chi connectivity index (χ4n) is 1.02. The van der Waals surface area contributed by atoms with Crippen molar-refractivity contribution in [3.63, 3.8) is 0 Å². The number of sulfone groups is 1. The lowest BCUT2D eigenvalue weighted by Crippen LogP contribution is -2.40. The Labute approximate surface area is 101 Å². The van der Waals surface area contributed by atoms with Crippen molar-refractivity contribution in [2.45, 2.75) is 32.4 Å². The van der Waals surface area contributed by atoms with Crippen molar-refractivity contribution in [1.29, 1.82) is 0 Å². The summed E-state index contributed by atoms with van der Waals surface area (Å²) in [6.07, 6.45) is -0.482. The third kappa shape index (κ3) is 6.25. The molecule has 0 aliphatic rings. The standard InChI is InChI=1S/C10H19NO5S/c1-7(2)6-11-10(14)8(3)17(15,16)5-4-9(12)13/h7-8H,4-6H2,1-3H3,(H,11,14)(H,12,13). The summed E-state index contributed by atoms with van der Waals surface area (Å²) in [5, 5.41) is 9.71. The highest BCUT2D eigenvalue weighted by atomic mass is 32.2. The number of hydrogen-bond donors (Lipinski definition) is 2. The molecule has 2 N–H and O–H groups in total. The number of nitrogens with one attached hydrogen (secondary N) is 1. The predicted molar refractivity (Wildman–Crippen MR) is 63.3 cm³/mol. The molecule has 0 aliphatic carbocycles. The van der Waals surface area contributed by atoms with Gasteiger partial charge in [-0.25, -0.2) is 8.42 Å². The molecule has 0 saturated carbocycles. The number of carboxylic acids is 1. The highest BCUT2D eigenvalue weighted by Crippen LogP contribution is 2.04. The molecule has 0 heterocycles. The van der Waals surface area contributed by atoms with E-state index in [0.717, 1.165) is 0 Å². The minimum Gasteiger partial charge on any atom is -0.481 e. The lowest BCUT2D eigenvalue weighted by molar-refractivity contribution is -0.136. The van der Waals surface area contributed by atoms with Crippen LogP contribution in [0.2, 0.25) is 0 Å². The van der Waals surface area contributed by atoms with Gasteiger partial charge in [-0.15, -0.1) is 0 Å². The maximum Gasteiger partial charge on any atom is 0.304 e. The highest BCUT2D eigenvalue weighted by Gasteiger charge is 2.28. The Balaban J connectivity index is 4.41. The molecule has 0 aromatic carbocycles. The summed E-state index contributed by atoms with van der Waals surface area (Å²) in [6, 6.07) is 0. The maximum absolute atomic E-state index is 11.6. The molecule has 0 fully saturated rings. The van der Waals surface area contributed by atoms with E-state index in [1.165, 1.54) is 6.92 Å². The largest absolute Gasteiger partial charge is 0.481 e. The first-order chi connectivity index (χ1) is 7.66. The maximum atomic E-state index is 11.6. The van der Waals surface area contributed by atoms with Gasteiger partial charge in [0.15, 0.2) is 9.84 Å². The van der Waals surface area contributed by atoms with Crippen molar-refractivity contribution in [2.75, 3.05) is 12.3 Å². The van der Waals surface area contributed by atoms with Gasteiger partial charge >= 0.3 is 5.97 Å². The minimum atomic E-state index is -3.70. The molecule has 0 aromatic rings. The predicted octanol–water partition coefficient (Wildman–Crippen LogP) is 0.0366. The Bertz CT molecular complexity index is 374. The van der Waals surface area contributed by atoms with E-state index in [1.807, 2.05) is 13.8 Å². The Morgan fingerprint density at radius 2 is 1.76 bits per heavy atom. The van der Waals surface area contributed by atoms with Crippen LogP contribution in [0.25, 0.3) is 0 Å². The first-order valence-corrected chi connectivity index (χ1v) is 7.09. The molecule has 7 heteroatoms. The molecule has 1 unspecified atom stereocenters. The van der Waals surface area contributed by atoms with Gasteiger partial charge < -0.3 is 10.4 Å². The van der Waals surface area contributed by atoms with Crippen molar-refractivity contribution >= 4 is 21.7 Å². The van der Waals surface area contributed by atoms with Gasteiger partial charge in [0.05, 0.1) is 12.2 Å². The Kier molecular flexibility index (Phi) is 6.15. The number of rotatable bonds is 7. The Morgan fingerprint density at radius 3 is 2.18 bits per heavy atom. The number of carbonyl (C=O) groups is 2. The topological polar surface area (TPSA) is 101 Å². The monoisotopic (exact) mass is 265 g/mol. The van der Waals surface area contributed by atoms with Crippen LogP contribution in [0, 0.1) is 5.92 Å². The van der Waals surface area contributed by atoms with Gasteiger partial charge in [-0.1, -0.05) is 13.8 Å². The molecule has 0 radical (unpaired) electrons. The second-order valence-electron chi connectivity index (χ2n) is 4.29. The molecular formula is C10H19NO5S. The first-order valence-electron chi connectivity index (χ1n) is 5.38. The smallest absolute Gasteiger partial charge is 0.304 e. The van der Waals surface area contributed by atoms with Crippen molar-refractivity contribution in [3.8, 4) is 0 Å². The van der Waals surface area contributed by atoms with Gasteiger partial charge in [-0.2, -0.15) is 0 Å². The van der Waals surface area contributed by atoms with Crippen LogP contribution in [-0.2, 0) is 19.4 Å². The normalized spacial score (nSPS) is 13.4. The molecule has 0 saturated heterocycles. The summed E-state index contributed by atoms with van der Waals surface area (Å²) in [6.45, 7) is 5.46. The number of aliphatic carboxylic acids is 1. The van der Waals surface area contributed by atoms with Gasteiger partial charge in [0, 0.05) is 6.54 Å². The van der Waals surface area contributed by atoms with E-state index in [0.29, 0.717) is 6.54 Å². The highest BCUT2D eigenvalue weighted by molar-refractivity contribution is 7.92. The lowest BCUT2D eigenvalue weighted by atomic mass is 10.2. The zero-order valence-corrected chi connectivity index (χ0v) is 11.1. The molecule has 0 aromatic heterocycles. The Hall–Kier alpha value is -1.11. The van der Waals surface area contributed by atoms with Crippen LogP contribution < -0.4 is 5.32 Å². The summed E-state index contributed by atoms with van der Waals surface area (Å²) in [5.41, 5.74) is 0. The minimum absolute atomic E-state index is 0.230. The second-order valence-corrected chi connectivity index (χ2v) is 6.73. The molecular weight excluding hydrogens is 246 g/mol. The van der Waals surface area contributed by atoms with Crippen molar-refractivity contribution < 1.29 is 23.1 Å². The summed E-state index contributed by atoms with van der Waals surface area (Å²) in [7, 11) is -3.70. The number of carboxylic acid groups (broad SMARTS) is 1. The summed E-state index contributed by atoms with van der Waals surface area (Å²) in [4.78, 5) is 21.8. The molecule has 1 atom stereocenters. The van der Waals surface area contributed by atoms with E-state index in [1.54, 1.807) is 0 Å². The van der Waals surface area contributed by atoms with E-state index < -0.39 is 39.1 Å².